The van der Waals surface area contributed by atoms with Crippen LogP contribution < -0.4 is 0 Å². The van der Waals surface area contributed by atoms with Crippen molar-refractivity contribution in [3.8, 4) is 0 Å². The zero-order chi connectivity index (χ0) is 13.2. The molecule has 2 nitrogen and oxygen atoms in total. The van der Waals surface area contributed by atoms with Gasteiger partial charge in [0.05, 0.1) is 6.61 Å². The number of hydrogen-bond acceptors (Lipinski definition) is 2. The molecule has 110 valence electrons. The summed E-state index contributed by atoms with van der Waals surface area (Å²) in [6, 6.07) is 17.8. The molecule has 19 heavy (non-hydrogen) atoms. The van der Waals surface area contributed by atoms with Crippen LogP contribution in [0.2, 0.25) is 0 Å². The normalized spacial score (nSPS) is 10.6. The van der Waals surface area contributed by atoms with E-state index in [4.69, 9.17) is 4.74 Å². The molecule has 0 fully saturated rings. The SMILES string of the molecule is CCOC(=O)C(CC)[c-]1cccc1.[Fe].[cH-]1[cH-][cH-][cH-][cH-]1. The number of rotatable bonds is 4. The first-order chi connectivity index (χ1) is 8.79. The number of esters is 1. The number of carbonyl (C=O) groups is 1. The second-order valence-electron chi connectivity index (χ2n) is 3.89. The Morgan fingerprint density at radius 1 is 1.11 bits per heavy atom. The van der Waals surface area contributed by atoms with E-state index in [9.17, 15) is 4.79 Å². The maximum Gasteiger partial charge on any atom is 0.301 e. The maximum absolute atomic E-state index is 11.5. The fourth-order valence-corrected chi connectivity index (χ4v) is 1.72. The largest absolute Gasteiger partial charge is 0.748 e. The average Bonchev–Trinajstić information content (AvgIpc) is 3.06. The van der Waals surface area contributed by atoms with Gasteiger partial charge in [0.2, 0.25) is 0 Å². The first-order valence-electron chi connectivity index (χ1n) is 6.34. The third kappa shape index (κ3) is 6.42. The summed E-state index contributed by atoms with van der Waals surface area (Å²) in [5, 5.41) is 0. The van der Waals surface area contributed by atoms with Crippen LogP contribution in [0.5, 0.6) is 0 Å². The van der Waals surface area contributed by atoms with Crippen molar-refractivity contribution in [2.24, 2.45) is 0 Å². The Balaban J connectivity index is 0.000000454. The summed E-state index contributed by atoms with van der Waals surface area (Å²) < 4.78 is 4.98. The summed E-state index contributed by atoms with van der Waals surface area (Å²) in [4.78, 5) is 11.5. The first kappa shape index (κ1) is 17.7. The minimum atomic E-state index is -0.115. The van der Waals surface area contributed by atoms with Gasteiger partial charge in [-0.05, 0) is 13.3 Å². The van der Waals surface area contributed by atoms with Gasteiger partial charge in [-0.1, -0.05) is 6.92 Å². The van der Waals surface area contributed by atoms with Crippen LogP contribution in [0.25, 0.3) is 0 Å². The van der Waals surface area contributed by atoms with Crippen LogP contribution in [0.3, 0.4) is 0 Å². The van der Waals surface area contributed by atoms with Crippen molar-refractivity contribution in [3.05, 3.63) is 60.2 Å². The van der Waals surface area contributed by atoms with Gasteiger partial charge in [0, 0.05) is 23.0 Å². The molecule has 2 aromatic rings. The van der Waals surface area contributed by atoms with E-state index in [1.165, 1.54) is 0 Å². The van der Waals surface area contributed by atoms with Gasteiger partial charge in [-0.2, -0.15) is 12.1 Å². The molecule has 0 heterocycles. The minimum Gasteiger partial charge on any atom is -0.748 e. The van der Waals surface area contributed by atoms with E-state index < -0.39 is 0 Å². The summed E-state index contributed by atoms with van der Waals surface area (Å²) in [5.41, 5.74) is 1.06. The van der Waals surface area contributed by atoms with Crippen LogP contribution in [-0.2, 0) is 26.6 Å². The zero-order valence-corrected chi connectivity index (χ0v) is 12.5. The van der Waals surface area contributed by atoms with E-state index in [2.05, 4.69) is 0 Å². The minimum absolute atomic E-state index is 0. The Morgan fingerprint density at radius 2 is 1.58 bits per heavy atom. The Kier molecular flexibility index (Phi) is 9.87. The van der Waals surface area contributed by atoms with Crippen molar-refractivity contribution < 1.29 is 26.6 Å². The van der Waals surface area contributed by atoms with Crippen LogP contribution >= 0.6 is 0 Å². The Bertz CT molecular complexity index is 387. The quantitative estimate of drug-likeness (QED) is 0.487. The number of hydrogen-bond donors (Lipinski definition) is 0. The third-order valence-corrected chi connectivity index (χ3v) is 2.63. The van der Waals surface area contributed by atoms with Crippen molar-refractivity contribution in [2.75, 3.05) is 6.61 Å². The molecule has 1 atom stereocenters. The number of ether oxygens (including phenoxy) is 1. The fraction of sp³-hybridized carbons (Fsp3) is 0.312. The molecular weight excluding hydrogens is 280 g/mol. The molecule has 0 amide bonds. The average molecular weight is 300 g/mol. The molecule has 2 aromatic carbocycles. The van der Waals surface area contributed by atoms with Gasteiger partial charge >= 0.3 is 5.97 Å². The molecule has 0 aromatic heterocycles. The maximum atomic E-state index is 11.5. The van der Waals surface area contributed by atoms with E-state index >= 15 is 0 Å². The van der Waals surface area contributed by atoms with Crippen LogP contribution in [-0.4, -0.2) is 12.6 Å². The zero-order valence-electron chi connectivity index (χ0n) is 11.4. The first-order valence-corrected chi connectivity index (χ1v) is 6.34. The summed E-state index contributed by atoms with van der Waals surface area (Å²) in [6.45, 7) is 4.28. The van der Waals surface area contributed by atoms with Crippen LogP contribution in [0, 0.1) is 0 Å². The van der Waals surface area contributed by atoms with Gasteiger partial charge in [-0.25, -0.2) is 12.1 Å². The molecule has 0 saturated heterocycles. The second kappa shape index (κ2) is 10.6. The van der Waals surface area contributed by atoms with Gasteiger partial charge < -0.3 is 35.1 Å². The summed E-state index contributed by atoms with van der Waals surface area (Å²) in [6.07, 6.45) is 0.794. The Labute approximate surface area is 126 Å². The predicted molar refractivity (Wildman–Crippen MR) is 73.7 cm³/mol. The van der Waals surface area contributed by atoms with Gasteiger partial charge in [0.25, 0.3) is 0 Å². The monoisotopic (exact) mass is 300 g/mol. The van der Waals surface area contributed by atoms with Crippen molar-refractivity contribution >= 4 is 5.97 Å². The second-order valence-corrected chi connectivity index (χ2v) is 3.89. The van der Waals surface area contributed by atoms with Crippen molar-refractivity contribution in [2.45, 2.75) is 26.2 Å². The van der Waals surface area contributed by atoms with Gasteiger partial charge in [0.15, 0.2) is 0 Å². The van der Waals surface area contributed by atoms with Gasteiger partial charge in [-0.3, -0.25) is 4.79 Å². The van der Waals surface area contributed by atoms with E-state index in [0.717, 1.165) is 12.0 Å². The van der Waals surface area contributed by atoms with E-state index in [1.54, 1.807) is 0 Å². The van der Waals surface area contributed by atoms with Crippen LogP contribution in [0.4, 0.5) is 0 Å². The van der Waals surface area contributed by atoms with Crippen molar-refractivity contribution in [1.82, 2.24) is 0 Å². The molecule has 0 aliphatic rings. The summed E-state index contributed by atoms with van der Waals surface area (Å²) in [5.74, 6) is -0.203. The summed E-state index contributed by atoms with van der Waals surface area (Å²) in [7, 11) is 0. The molecule has 0 aliphatic heterocycles. The molecule has 0 aliphatic carbocycles. The van der Waals surface area contributed by atoms with E-state index in [1.807, 2.05) is 68.4 Å². The summed E-state index contributed by atoms with van der Waals surface area (Å²) >= 11 is 0. The van der Waals surface area contributed by atoms with Gasteiger partial charge in [0.1, 0.15) is 0 Å². The van der Waals surface area contributed by atoms with Crippen LogP contribution in [0.1, 0.15) is 31.7 Å². The van der Waals surface area contributed by atoms with Gasteiger partial charge in [-0.15, -0.1) is 5.56 Å². The van der Waals surface area contributed by atoms with Crippen molar-refractivity contribution in [1.29, 1.82) is 0 Å². The van der Waals surface area contributed by atoms with Crippen molar-refractivity contribution in [3.63, 3.8) is 0 Å². The molecule has 3 heteroatoms. The molecule has 0 bridgehead atoms. The molecule has 2 rings (SSSR count). The van der Waals surface area contributed by atoms with E-state index in [0.29, 0.717) is 6.61 Å². The third-order valence-electron chi connectivity index (χ3n) is 2.63. The Hall–Kier alpha value is -1.31. The smallest absolute Gasteiger partial charge is 0.301 e. The van der Waals surface area contributed by atoms with Crippen LogP contribution in [0.15, 0.2) is 54.6 Å². The molecular formula is C16H20FeO2-6. The molecule has 1 unspecified atom stereocenters. The topological polar surface area (TPSA) is 26.3 Å². The molecule has 0 N–H and O–H groups in total. The Morgan fingerprint density at radius 3 is 1.95 bits per heavy atom. The number of carbonyl (C=O) groups excluding carboxylic acids is 1. The molecule has 0 saturated carbocycles. The van der Waals surface area contributed by atoms with E-state index in [-0.39, 0.29) is 29.0 Å². The standard InChI is InChI=1S/C11H15O2.C5H5.Fe/c1-3-10(11(12)13-4-2)9-7-5-6-8-9;1-2-4-5-3-1;/h5-8,10H,3-4H2,1-2H3;1-5H;/q-1;-5;. The molecule has 0 spiro atoms. The molecule has 0 radical (unpaired) electrons. The predicted octanol–water partition coefficient (Wildman–Crippen LogP) is 3.87. The fourth-order valence-electron chi connectivity index (χ4n) is 1.72.